The molecule has 0 aliphatic heterocycles. The second-order valence-electron chi connectivity index (χ2n) is 4.90. The summed E-state index contributed by atoms with van der Waals surface area (Å²) >= 11 is 0. The summed E-state index contributed by atoms with van der Waals surface area (Å²) in [5.74, 6) is 0. The van der Waals surface area contributed by atoms with Gasteiger partial charge < -0.3 is 0 Å². The zero-order valence-electron chi connectivity index (χ0n) is 10.7. The van der Waals surface area contributed by atoms with E-state index in [-0.39, 0.29) is 0 Å². The van der Waals surface area contributed by atoms with E-state index >= 15 is 0 Å². The highest BCUT2D eigenvalue weighted by Crippen LogP contribution is 2.41. The Morgan fingerprint density at radius 3 is 2.67 bits per heavy atom. The predicted molar refractivity (Wildman–Crippen MR) is 73.5 cm³/mol. The van der Waals surface area contributed by atoms with Crippen LogP contribution in [-0.4, -0.2) is 0 Å². The van der Waals surface area contributed by atoms with E-state index in [0.717, 1.165) is 18.4 Å². The third-order valence-corrected chi connectivity index (χ3v) is 3.79. The fraction of sp³-hybridized carbons (Fsp3) is 0.235. The molecule has 0 fully saturated rings. The molecule has 1 aliphatic rings. The maximum absolute atomic E-state index is 9.01. The average Bonchev–Trinajstić information content (AvgIpc) is 3.18. The topological polar surface area (TPSA) is 23.8 Å². The molecule has 0 spiro atoms. The van der Waals surface area contributed by atoms with Crippen molar-refractivity contribution in [1.82, 2.24) is 0 Å². The monoisotopic (exact) mass is 233 g/mol. The highest BCUT2D eigenvalue weighted by atomic mass is 14.3. The quantitative estimate of drug-likeness (QED) is 0.656. The van der Waals surface area contributed by atoms with Crippen LogP contribution in [-0.2, 0) is 12.8 Å². The number of rotatable bonds is 2. The van der Waals surface area contributed by atoms with Gasteiger partial charge in [-0.25, -0.2) is 0 Å². The van der Waals surface area contributed by atoms with E-state index in [0.29, 0.717) is 0 Å². The molecular formula is C17H15N. The number of hydrogen-bond acceptors (Lipinski definition) is 1. The average molecular weight is 233 g/mol. The number of benzene rings is 2. The lowest BCUT2D eigenvalue weighted by Gasteiger charge is -2.07. The Bertz CT molecular complexity index is 675. The van der Waals surface area contributed by atoms with Crippen molar-refractivity contribution in [1.29, 1.82) is 5.26 Å². The summed E-state index contributed by atoms with van der Waals surface area (Å²) in [6.45, 7) is 4.31. The molecule has 0 saturated carbocycles. The first-order valence-corrected chi connectivity index (χ1v) is 6.39. The number of hydrogen-bond donors (Lipinski definition) is 0. The van der Waals surface area contributed by atoms with Gasteiger partial charge in [0.15, 0.2) is 0 Å². The maximum Gasteiger partial charge on any atom is 0.0991 e. The molecule has 0 saturated heterocycles. The minimum Gasteiger partial charge on any atom is -0.192 e. The minimum absolute atomic E-state index is 0.740. The highest BCUT2D eigenvalue weighted by molar-refractivity contribution is 5.78. The number of nitriles is 1. The third kappa shape index (κ3) is 1.62. The molecule has 0 radical (unpaired) electrons. The minimum atomic E-state index is 0.740. The van der Waals surface area contributed by atoms with E-state index in [2.05, 4.69) is 32.0 Å². The normalized spacial score (nSPS) is 11.8. The molecule has 2 aromatic rings. The van der Waals surface area contributed by atoms with Crippen molar-refractivity contribution in [2.45, 2.75) is 26.7 Å². The van der Waals surface area contributed by atoms with Crippen LogP contribution in [0.15, 0.2) is 30.3 Å². The number of aryl methyl sites for hydroxylation is 2. The highest BCUT2D eigenvalue weighted by Gasteiger charge is 2.25. The molecule has 2 aromatic carbocycles. The molecule has 0 amide bonds. The van der Waals surface area contributed by atoms with E-state index in [1.807, 2.05) is 18.2 Å². The van der Waals surface area contributed by atoms with Gasteiger partial charge in [-0.2, -0.15) is 5.26 Å². The molecule has 0 aromatic heterocycles. The molecule has 0 heterocycles. The zero-order chi connectivity index (χ0) is 12.7. The summed E-state index contributed by atoms with van der Waals surface area (Å²) < 4.78 is 0. The lowest BCUT2D eigenvalue weighted by Crippen LogP contribution is -1.87. The van der Waals surface area contributed by atoms with Crippen molar-refractivity contribution in [3.05, 3.63) is 58.1 Å². The first-order chi connectivity index (χ1) is 8.74. The van der Waals surface area contributed by atoms with E-state index in [1.54, 1.807) is 0 Å². The van der Waals surface area contributed by atoms with Gasteiger partial charge in [0.1, 0.15) is 0 Å². The van der Waals surface area contributed by atoms with Crippen LogP contribution in [0.1, 0.15) is 34.7 Å². The summed E-state index contributed by atoms with van der Waals surface area (Å²) in [5.41, 5.74) is 8.99. The van der Waals surface area contributed by atoms with Crippen LogP contribution in [0, 0.1) is 18.3 Å². The van der Waals surface area contributed by atoms with Gasteiger partial charge in [0, 0.05) is 0 Å². The molecular weight excluding hydrogens is 218 g/mol. The molecule has 0 atom stereocenters. The zero-order valence-corrected chi connectivity index (χ0v) is 10.7. The Hall–Kier alpha value is -2.07. The van der Waals surface area contributed by atoms with Crippen molar-refractivity contribution in [3.8, 4) is 17.2 Å². The second-order valence-corrected chi connectivity index (χ2v) is 4.90. The molecule has 18 heavy (non-hydrogen) atoms. The Morgan fingerprint density at radius 1 is 1.11 bits per heavy atom. The van der Waals surface area contributed by atoms with E-state index < -0.39 is 0 Å². The molecule has 0 unspecified atom stereocenters. The first kappa shape index (κ1) is 11.0. The van der Waals surface area contributed by atoms with Gasteiger partial charge in [-0.15, -0.1) is 0 Å². The molecule has 88 valence electrons. The summed E-state index contributed by atoms with van der Waals surface area (Å²) in [6.07, 6.45) is 2.24. The molecule has 1 aliphatic carbocycles. The summed E-state index contributed by atoms with van der Waals surface area (Å²) in [6, 6.07) is 12.6. The summed E-state index contributed by atoms with van der Waals surface area (Å²) in [5, 5.41) is 9.01. The van der Waals surface area contributed by atoms with E-state index in [4.69, 9.17) is 5.26 Å². The van der Waals surface area contributed by atoms with Crippen molar-refractivity contribution in [3.63, 3.8) is 0 Å². The predicted octanol–water partition coefficient (Wildman–Crippen LogP) is 4.00. The molecule has 1 heteroatoms. The smallest absolute Gasteiger partial charge is 0.0991 e. The van der Waals surface area contributed by atoms with Gasteiger partial charge in [-0.05, 0) is 65.3 Å². The van der Waals surface area contributed by atoms with Gasteiger partial charge in [0.2, 0.25) is 0 Å². The Balaban J connectivity index is 2.15. The van der Waals surface area contributed by atoms with Crippen molar-refractivity contribution in [2.24, 2.45) is 0 Å². The maximum atomic E-state index is 9.01. The standard InChI is InChI=1S/C17H15N/c1-3-13-6-7-14(17-9-16(13)17)15-8-12(10-18)5-4-11(15)2/h4-8H,3,9H2,1-2H3. The van der Waals surface area contributed by atoms with Gasteiger partial charge in [0.25, 0.3) is 0 Å². The van der Waals surface area contributed by atoms with Gasteiger partial charge >= 0.3 is 0 Å². The van der Waals surface area contributed by atoms with Gasteiger partial charge in [-0.3, -0.25) is 0 Å². The van der Waals surface area contributed by atoms with Crippen molar-refractivity contribution < 1.29 is 0 Å². The first-order valence-electron chi connectivity index (χ1n) is 6.39. The van der Waals surface area contributed by atoms with Gasteiger partial charge in [-0.1, -0.05) is 25.1 Å². The second kappa shape index (κ2) is 3.99. The van der Waals surface area contributed by atoms with Gasteiger partial charge in [0.05, 0.1) is 11.6 Å². The van der Waals surface area contributed by atoms with Crippen LogP contribution < -0.4 is 0 Å². The number of nitrogens with zero attached hydrogens (tertiary/aromatic N) is 1. The van der Waals surface area contributed by atoms with Crippen LogP contribution in [0.25, 0.3) is 11.1 Å². The Morgan fingerprint density at radius 2 is 1.94 bits per heavy atom. The lowest BCUT2D eigenvalue weighted by atomic mass is 9.97. The third-order valence-electron chi connectivity index (χ3n) is 3.79. The fourth-order valence-corrected chi connectivity index (χ4v) is 2.65. The van der Waals surface area contributed by atoms with E-state index in [9.17, 15) is 0 Å². The van der Waals surface area contributed by atoms with Crippen molar-refractivity contribution in [2.75, 3.05) is 0 Å². The molecule has 1 nitrogen and oxygen atoms in total. The summed E-state index contributed by atoms with van der Waals surface area (Å²) in [7, 11) is 0. The van der Waals surface area contributed by atoms with Crippen LogP contribution in [0.5, 0.6) is 0 Å². The van der Waals surface area contributed by atoms with Crippen LogP contribution in [0.3, 0.4) is 0 Å². The lowest BCUT2D eigenvalue weighted by molar-refractivity contribution is 1.13. The van der Waals surface area contributed by atoms with Crippen LogP contribution in [0.2, 0.25) is 0 Å². The van der Waals surface area contributed by atoms with E-state index in [1.165, 1.54) is 33.4 Å². The van der Waals surface area contributed by atoms with Crippen LogP contribution in [0.4, 0.5) is 0 Å². The van der Waals surface area contributed by atoms with Crippen LogP contribution >= 0.6 is 0 Å². The fourth-order valence-electron chi connectivity index (χ4n) is 2.65. The Labute approximate surface area is 108 Å². The largest absolute Gasteiger partial charge is 0.192 e. The molecule has 0 bridgehead atoms. The number of fused-ring (bicyclic) bond motifs is 1. The SMILES string of the molecule is CCc1ccc(-c2cc(C#N)ccc2C)c2c1C2. The van der Waals surface area contributed by atoms with Crippen molar-refractivity contribution >= 4 is 0 Å². The summed E-state index contributed by atoms with van der Waals surface area (Å²) in [4.78, 5) is 0. The molecule has 0 N–H and O–H groups in total. The molecule has 3 rings (SSSR count). The Kier molecular flexibility index (Phi) is 2.45.